The van der Waals surface area contributed by atoms with Crippen molar-refractivity contribution < 1.29 is 0 Å². The monoisotopic (exact) mass is 218 g/mol. The number of thioether (sulfide) groups is 1. The Morgan fingerprint density at radius 1 is 1.29 bits per heavy atom. The second kappa shape index (κ2) is 8.57. The summed E-state index contributed by atoms with van der Waals surface area (Å²) in [6.07, 6.45) is 3.46. The van der Waals surface area contributed by atoms with Crippen molar-refractivity contribution in [2.45, 2.75) is 39.3 Å². The van der Waals surface area contributed by atoms with E-state index in [1.807, 2.05) is 11.8 Å². The number of nitrogens with zero attached hydrogens (tertiary/aromatic N) is 1. The fourth-order valence-corrected chi connectivity index (χ4v) is 2.00. The highest BCUT2D eigenvalue weighted by atomic mass is 32.2. The molecule has 14 heavy (non-hydrogen) atoms. The van der Waals surface area contributed by atoms with Gasteiger partial charge in [0.2, 0.25) is 0 Å². The number of hydrogen-bond donors (Lipinski definition) is 1. The lowest BCUT2D eigenvalue weighted by molar-refractivity contribution is 0.189. The maximum Gasteiger partial charge on any atom is 0.0192 e. The van der Waals surface area contributed by atoms with E-state index in [9.17, 15) is 0 Å². The Bertz CT molecular complexity index is 116. The van der Waals surface area contributed by atoms with Gasteiger partial charge in [-0.15, -0.1) is 0 Å². The lowest BCUT2D eigenvalue weighted by Crippen LogP contribution is -2.42. The van der Waals surface area contributed by atoms with Crippen molar-refractivity contribution in [2.75, 3.05) is 32.1 Å². The Morgan fingerprint density at radius 2 is 1.93 bits per heavy atom. The van der Waals surface area contributed by atoms with Crippen molar-refractivity contribution in [2.24, 2.45) is 0 Å². The van der Waals surface area contributed by atoms with E-state index in [2.05, 4.69) is 44.3 Å². The standard InChI is InChI=1S/C11H26N2S/c1-6-12-9-11(3)13(4)10(2)7-8-14-5/h10-12H,6-9H2,1-5H3. The minimum absolute atomic E-state index is 0.631. The number of nitrogens with one attached hydrogen (secondary N) is 1. The minimum atomic E-state index is 0.631. The first-order valence-electron chi connectivity index (χ1n) is 5.55. The fourth-order valence-electron chi connectivity index (χ4n) is 1.42. The van der Waals surface area contributed by atoms with Crippen LogP contribution in [0.3, 0.4) is 0 Å². The highest BCUT2D eigenvalue weighted by molar-refractivity contribution is 7.98. The van der Waals surface area contributed by atoms with Crippen molar-refractivity contribution in [1.29, 1.82) is 0 Å². The molecule has 0 aromatic carbocycles. The topological polar surface area (TPSA) is 15.3 Å². The fraction of sp³-hybridized carbons (Fsp3) is 1.00. The molecule has 0 aromatic rings. The Kier molecular flexibility index (Phi) is 8.73. The Labute approximate surface area is 93.8 Å². The van der Waals surface area contributed by atoms with Gasteiger partial charge in [-0.3, -0.25) is 4.90 Å². The third-order valence-corrected chi connectivity index (χ3v) is 3.46. The van der Waals surface area contributed by atoms with Crippen molar-refractivity contribution in [3.8, 4) is 0 Å². The van der Waals surface area contributed by atoms with Crippen LogP contribution in [0.2, 0.25) is 0 Å². The first-order chi connectivity index (χ1) is 6.63. The zero-order valence-corrected chi connectivity index (χ0v) is 11.2. The van der Waals surface area contributed by atoms with Gasteiger partial charge in [0.25, 0.3) is 0 Å². The normalized spacial score (nSPS) is 15.9. The maximum atomic E-state index is 3.39. The zero-order valence-electron chi connectivity index (χ0n) is 10.3. The molecule has 0 amide bonds. The van der Waals surface area contributed by atoms with Crippen molar-refractivity contribution >= 4 is 11.8 Å². The van der Waals surface area contributed by atoms with Crippen LogP contribution in [0.25, 0.3) is 0 Å². The van der Waals surface area contributed by atoms with E-state index in [-0.39, 0.29) is 0 Å². The molecule has 0 saturated carbocycles. The molecule has 0 rings (SSSR count). The Hall–Kier alpha value is 0.270. The lowest BCUT2D eigenvalue weighted by Gasteiger charge is -2.30. The summed E-state index contributed by atoms with van der Waals surface area (Å²) in [7, 11) is 2.23. The molecule has 0 radical (unpaired) electrons. The second-order valence-electron chi connectivity index (χ2n) is 3.95. The third kappa shape index (κ3) is 5.89. The number of rotatable bonds is 8. The predicted molar refractivity (Wildman–Crippen MR) is 68.2 cm³/mol. The molecule has 3 heteroatoms. The van der Waals surface area contributed by atoms with Gasteiger partial charge in [0.15, 0.2) is 0 Å². The molecule has 0 aliphatic rings. The van der Waals surface area contributed by atoms with Gasteiger partial charge >= 0.3 is 0 Å². The summed E-state index contributed by atoms with van der Waals surface area (Å²) < 4.78 is 0. The molecule has 0 fully saturated rings. The quantitative estimate of drug-likeness (QED) is 0.671. The van der Waals surface area contributed by atoms with Crippen molar-refractivity contribution in [1.82, 2.24) is 10.2 Å². The van der Waals surface area contributed by atoms with Gasteiger partial charge in [0, 0.05) is 18.6 Å². The average molecular weight is 218 g/mol. The van der Waals surface area contributed by atoms with E-state index in [0.29, 0.717) is 12.1 Å². The molecule has 0 heterocycles. The SMILES string of the molecule is CCNCC(C)N(C)C(C)CCSC. The summed E-state index contributed by atoms with van der Waals surface area (Å²) in [6, 6.07) is 1.32. The van der Waals surface area contributed by atoms with E-state index in [1.54, 1.807) is 0 Å². The molecule has 0 aliphatic heterocycles. The smallest absolute Gasteiger partial charge is 0.0192 e. The molecule has 0 aromatic heterocycles. The van der Waals surface area contributed by atoms with Crippen molar-refractivity contribution in [3.05, 3.63) is 0 Å². The van der Waals surface area contributed by atoms with Crippen LogP contribution in [0.15, 0.2) is 0 Å². The van der Waals surface area contributed by atoms with Crippen LogP contribution in [-0.4, -0.2) is 49.1 Å². The van der Waals surface area contributed by atoms with E-state index in [0.717, 1.165) is 13.1 Å². The van der Waals surface area contributed by atoms with Crippen molar-refractivity contribution in [3.63, 3.8) is 0 Å². The second-order valence-corrected chi connectivity index (χ2v) is 4.94. The van der Waals surface area contributed by atoms with Gasteiger partial charge < -0.3 is 5.32 Å². The Balaban J connectivity index is 3.72. The largest absolute Gasteiger partial charge is 0.315 e. The van der Waals surface area contributed by atoms with Gasteiger partial charge in [0.1, 0.15) is 0 Å². The van der Waals surface area contributed by atoms with Crippen LogP contribution < -0.4 is 5.32 Å². The summed E-state index contributed by atoms with van der Waals surface area (Å²) in [4.78, 5) is 2.47. The lowest BCUT2D eigenvalue weighted by atomic mass is 10.2. The van der Waals surface area contributed by atoms with E-state index >= 15 is 0 Å². The summed E-state index contributed by atoms with van der Waals surface area (Å²) in [5, 5.41) is 3.39. The van der Waals surface area contributed by atoms with E-state index in [1.165, 1.54) is 12.2 Å². The van der Waals surface area contributed by atoms with Gasteiger partial charge in [0.05, 0.1) is 0 Å². The summed E-state index contributed by atoms with van der Waals surface area (Å²) in [5.41, 5.74) is 0. The van der Waals surface area contributed by atoms with E-state index in [4.69, 9.17) is 0 Å². The van der Waals surface area contributed by atoms with Crippen LogP contribution >= 0.6 is 11.8 Å². The zero-order chi connectivity index (χ0) is 11.0. The van der Waals surface area contributed by atoms with Gasteiger partial charge in [-0.25, -0.2) is 0 Å². The van der Waals surface area contributed by atoms with Crippen LogP contribution in [0.5, 0.6) is 0 Å². The van der Waals surface area contributed by atoms with Gasteiger partial charge in [-0.05, 0) is 45.9 Å². The Morgan fingerprint density at radius 3 is 2.43 bits per heavy atom. The first-order valence-corrected chi connectivity index (χ1v) is 6.94. The molecule has 86 valence electrons. The molecular weight excluding hydrogens is 192 g/mol. The first kappa shape index (κ1) is 14.3. The highest BCUT2D eigenvalue weighted by Crippen LogP contribution is 2.08. The highest BCUT2D eigenvalue weighted by Gasteiger charge is 2.14. The summed E-state index contributed by atoms with van der Waals surface area (Å²) >= 11 is 1.93. The molecule has 0 saturated heterocycles. The van der Waals surface area contributed by atoms with Crippen LogP contribution in [-0.2, 0) is 0 Å². The van der Waals surface area contributed by atoms with Gasteiger partial charge in [-0.1, -0.05) is 6.92 Å². The average Bonchev–Trinajstić information content (AvgIpc) is 2.21. The predicted octanol–water partition coefficient (Wildman–Crippen LogP) is 2.06. The van der Waals surface area contributed by atoms with Gasteiger partial charge in [-0.2, -0.15) is 11.8 Å². The van der Waals surface area contributed by atoms with Crippen LogP contribution in [0.4, 0.5) is 0 Å². The maximum absolute atomic E-state index is 3.39. The molecule has 2 unspecified atom stereocenters. The van der Waals surface area contributed by atoms with Crippen LogP contribution in [0.1, 0.15) is 27.2 Å². The molecule has 2 atom stereocenters. The molecule has 0 aliphatic carbocycles. The van der Waals surface area contributed by atoms with Crippen LogP contribution in [0, 0.1) is 0 Å². The molecule has 1 N–H and O–H groups in total. The third-order valence-electron chi connectivity index (χ3n) is 2.82. The number of likely N-dealkylation sites (N-methyl/N-ethyl adjacent to an activating group) is 2. The summed E-state index contributed by atoms with van der Waals surface area (Å²) in [6.45, 7) is 8.93. The molecule has 0 bridgehead atoms. The minimum Gasteiger partial charge on any atom is -0.315 e. The number of hydrogen-bond acceptors (Lipinski definition) is 3. The molecular formula is C11H26N2S. The summed E-state index contributed by atoms with van der Waals surface area (Å²) in [5.74, 6) is 1.26. The molecule has 2 nitrogen and oxygen atoms in total. The molecule has 0 spiro atoms. The van der Waals surface area contributed by atoms with E-state index < -0.39 is 0 Å².